The molecule has 1 aromatic heterocycles. The van der Waals surface area contributed by atoms with Crippen LogP contribution in [0.4, 0.5) is 11.4 Å². The van der Waals surface area contributed by atoms with E-state index in [0.717, 1.165) is 4.88 Å². The van der Waals surface area contributed by atoms with Gasteiger partial charge in [0.15, 0.2) is 0 Å². The molecule has 2 amide bonds. The fraction of sp³-hybridized carbons (Fsp3) is 0.167. The molecular formula is C24H24N2O2S. The van der Waals surface area contributed by atoms with Crippen LogP contribution in [0.3, 0.4) is 0 Å². The molecule has 0 aliphatic carbocycles. The Balaban J connectivity index is 1.63. The Bertz CT molecular complexity index is 1010. The third-order valence-corrected chi connectivity index (χ3v) is 5.18. The number of hydrogen-bond acceptors (Lipinski definition) is 3. The highest BCUT2D eigenvalue weighted by atomic mass is 32.1. The number of rotatable bonds is 5. The molecule has 0 bridgehead atoms. The van der Waals surface area contributed by atoms with E-state index in [4.69, 9.17) is 0 Å². The van der Waals surface area contributed by atoms with Crippen molar-refractivity contribution in [3.63, 3.8) is 0 Å². The van der Waals surface area contributed by atoms with Crippen LogP contribution in [-0.4, -0.2) is 11.8 Å². The largest absolute Gasteiger partial charge is 0.322 e. The smallest absolute Gasteiger partial charge is 0.255 e. The number of amides is 2. The van der Waals surface area contributed by atoms with Crippen LogP contribution in [0.5, 0.6) is 0 Å². The lowest BCUT2D eigenvalue weighted by atomic mass is 9.87. The van der Waals surface area contributed by atoms with Crippen LogP contribution < -0.4 is 10.6 Å². The van der Waals surface area contributed by atoms with Gasteiger partial charge in [-0.25, -0.2) is 0 Å². The van der Waals surface area contributed by atoms with E-state index >= 15 is 0 Å². The zero-order valence-corrected chi connectivity index (χ0v) is 17.5. The Kier molecular flexibility index (Phi) is 6.29. The van der Waals surface area contributed by atoms with Gasteiger partial charge in [-0.2, -0.15) is 0 Å². The Morgan fingerprint density at radius 3 is 2.21 bits per heavy atom. The Morgan fingerprint density at radius 1 is 0.897 bits per heavy atom. The molecule has 148 valence electrons. The molecule has 2 N–H and O–H groups in total. The second kappa shape index (κ2) is 8.88. The van der Waals surface area contributed by atoms with Gasteiger partial charge in [0.05, 0.1) is 0 Å². The van der Waals surface area contributed by atoms with Crippen molar-refractivity contribution in [2.45, 2.75) is 26.2 Å². The van der Waals surface area contributed by atoms with Gasteiger partial charge >= 0.3 is 0 Å². The first-order valence-electron chi connectivity index (χ1n) is 9.36. The van der Waals surface area contributed by atoms with Gasteiger partial charge < -0.3 is 10.6 Å². The molecule has 0 unspecified atom stereocenters. The summed E-state index contributed by atoms with van der Waals surface area (Å²) >= 11 is 1.57. The maximum atomic E-state index is 12.5. The van der Waals surface area contributed by atoms with Crippen LogP contribution in [0.2, 0.25) is 0 Å². The Hall–Kier alpha value is -3.18. The van der Waals surface area contributed by atoms with Crippen molar-refractivity contribution in [2.24, 2.45) is 0 Å². The van der Waals surface area contributed by atoms with Gasteiger partial charge in [-0.05, 0) is 58.8 Å². The molecule has 0 atom stereocenters. The van der Waals surface area contributed by atoms with Gasteiger partial charge in [0.2, 0.25) is 5.91 Å². The maximum Gasteiger partial charge on any atom is 0.255 e. The van der Waals surface area contributed by atoms with E-state index in [0.29, 0.717) is 16.9 Å². The molecular weight excluding hydrogens is 380 g/mol. The molecule has 0 saturated heterocycles. The van der Waals surface area contributed by atoms with Crippen LogP contribution >= 0.6 is 11.3 Å². The number of carbonyl (C=O) groups excluding carboxylic acids is 2. The van der Waals surface area contributed by atoms with Gasteiger partial charge in [-0.3, -0.25) is 9.59 Å². The predicted octanol–water partition coefficient (Wildman–Crippen LogP) is 5.95. The fourth-order valence-corrected chi connectivity index (χ4v) is 3.35. The highest BCUT2D eigenvalue weighted by molar-refractivity contribution is 7.10. The molecule has 3 rings (SSSR count). The van der Waals surface area contributed by atoms with Crippen molar-refractivity contribution < 1.29 is 9.59 Å². The van der Waals surface area contributed by atoms with Gasteiger partial charge in [-0.15, -0.1) is 11.3 Å². The molecule has 5 heteroatoms. The number of carbonyl (C=O) groups is 2. The first-order valence-corrected chi connectivity index (χ1v) is 10.2. The van der Waals surface area contributed by atoms with Crippen molar-refractivity contribution in [1.29, 1.82) is 0 Å². The maximum absolute atomic E-state index is 12.5. The molecule has 4 nitrogen and oxygen atoms in total. The van der Waals surface area contributed by atoms with E-state index in [2.05, 4.69) is 31.4 Å². The summed E-state index contributed by atoms with van der Waals surface area (Å²) in [5.41, 5.74) is 3.04. The second-order valence-corrected chi connectivity index (χ2v) is 8.68. The van der Waals surface area contributed by atoms with Crippen molar-refractivity contribution in [3.8, 4) is 0 Å². The molecule has 3 aromatic rings. The number of benzene rings is 2. The van der Waals surface area contributed by atoms with E-state index in [9.17, 15) is 9.59 Å². The highest BCUT2D eigenvalue weighted by Crippen LogP contribution is 2.23. The van der Waals surface area contributed by atoms with Crippen molar-refractivity contribution in [1.82, 2.24) is 0 Å². The van der Waals surface area contributed by atoms with E-state index in [-0.39, 0.29) is 17.2 Å². The summed E-state index contributed by atoms with van der Waals surface area (Å²) in [5, 5.41) is 7.65. The van der Waals surface area contributed by atoms with Crippen LogP contribution in [-0.2, 0) is 10.2 Å². The summed E-state index contributed by atoms with van der Waals surface area (Å²) < 4.78 is 0. The molecule has 0 radical (unpaired) electrons. The van der Waals surface area contributed by atoms with Gasteiger partial charge in [0.1, 0.15) is 0 Å². The highest BCUT2D eigenvalue weighted by Gasteiger charge is 2.14. The molecule has 0 aliphatic rings. The summed E-state index contributed by atoms with van der Waals surface area (Å²) in [6.45, 7) is 6.41. The average Bonchev–Trinajstić information content (AvgIpc) is 3.20. The number of thiophene rings is 1. The van der Waals surface area contributed by atoms with Crippen molar-refractivity contribution in [3.05, 3.63) is 88.1 Å². The number of anilines is 2. The summed E-state index contributed by atoms with van der Waals surface area (Å²) in [7, 11) is 0. The predicted molar refractivity (Wildman–Crippen MR) is 122 cm³/mol. The van der Waals surface area contributed by atoms with Gasteiger partial charge in [0, 0.05) is 27.9 Å². The van der Waals surface area contributed by atoms with E-state index in [1.54, 1.807) is 41.7 Å². The third kappa shape index (κ3) is 5.90. The minimum absolute atomic E-state index is 0.0412. The molecule has 0 spiro atoms. The van der Waals surface area contributed by atoms with Crippen LogP contribution in [0.15, 0.2) is 72.1 Å². The molecule has 0 saturated carbocycles. The normalized spacial score (nSPS) is 11.4. The molecule has 1 heterocycles. The SMILES string of the molecule is CC(C)(C)c1ccc(C(=O)Nc2cccc(NC(=O)/C=C/c3cccs3)c2)cc1. The van der Waals surface area contributed by atoms with Gasteiger partial charge in [-0.1, -0.05) is 45.0 Å². The van der Waals surface area contributed by atoms with Crippen LogP contribution in [0.25, 0.3) is 6.08 Å². The zero-order chi connectivity index (χ0) is 20.9. The summed E-state index contributed by atoms with van der Waals surface area (Å²) in [6.07, 6.45) is 3.26. The van der Waals surface area contributed by atoms with Crippen LogP contribution in [0, 0.1) is 0 Å². The van der Waals surface area contributed by atoms with E-state index < -0.39 is 0 Å². The molecule has 2 aromatic carbocycles. The van der Waals surface area contributed by atoms with E-state index in [1.807, 2.05) is 41.8 Å². The number of hydrogen-bond donors (Lipinski definition) is 2. The first-order chi connectivity index (χ1) is 13.8. The zero-order valence-electron chi connectivity index (χ0n) is 16.7. The average molecular weight is 405 g/mol. The monoisotopic (exact) mass is 404 g/mol. The molecule has 0 aliphatic heterocycles. The third-order valence-electron chi connectivity index (χ3n) is 4.34. The second-order valence-electron chi connectivity index (χ2n) is 7.70. The molecule has 0 fully saturated rings. The van der Waals surface area contributed by atoms with Crippen molar-refractivity contribution >= 4 is 40.6 Å². The van der Waals surface area contributed by atoms with Crippen molar-refractivity contribution in [2.75, 3.05) is 10.6 Å². The number of nitrogens with one attached hydrogen (secondary N) is 2. The quantitative estimate of drug-likeness (QED) is 0.516. The summed E-state index contributed by atoms with van der Waals surface area (Å²) in [4.78, 5) is 25.6. The lowest BCUT2D eigenvalue weighted by molar-refractivity contribution is -0.111. The van der Waals surface area contributed by atoms with Gasteiger partial charge in [0.25, 0.3) is 5.91 Å². The summed E-state index contributed by atoms with van der Waals surface area (Å²) in [6, 6.07) is 18.6. The lowest BCUT2D eigenvalue weighted by Crippen LogP contribution is -2.14. The first kappa shape index (κ1) is 20.6. The molecule has 29 heavy (non-hydrogen) atoms. The minimum Gasteiger partial charge on any atom is -0.322 e. The summed E-state index contributed by atoms with van der Waals surface area (Å²) in [5.74, 6) is -0.411. The fourth-order valence-electron chi connectivity index (χ4n) is 2.73. The Morgan fingerprint density at radius 2 is 1.59 bits per heavy atom. The van der Waals surface area contributed by atoms with Crippen LogP contribution in [0.1, 0.15) is 41.6 Å². The topological polar surface area (TPSA) is 58.2 Å². The Labute approximate surface area is 175 Å². The lowest BCUT2D eigenvalue weighted by Gasteiger charge is -2.19. The standard InChI is InChI=1S/C24H24N2O2S/c1-24(2,3)18-11-9-17(10-12-18)23(28)26-20-7-4-6-19(16-20)25-22(27)14-13-21-8-5-15-29-21/h4-16H,1-3H3,(H,25,27)(H,26,28)/b14-13+. The van der Waals surface area contributed by atoms with E-state index in [1.165, 1.54) is 11.6 Å². The minimum atomic E-state index is -0.223.